The van der Waals surface area contributed by atoms with Crippen LogP contribution < -0.4 is 9.47 Å². The van der Waals surface area contributed by atoms with E-state index in [2.05, 4.69) is 0 Å². The summed E-state index contributed by atoms with van der Waals surface area (Å²) in [5, 5.41) is 19.1. The van der Waals surface area contributed by atoms with Crippen molar-refractivity contribution in [1.82, 2.24) is 0 Å². The Morgan fingerprint density at radius 2 is 2.28 bits per heavy atom. The highest BCUT2D eigenvalue weighted by atomic mass is 16.6. The van der Waals surface area contributed by atoms with Gasteiger partial charge in [0, 0.05) is 18.2 Å². The molecule has 1 aromatic carbocycles. The number of rotatable bonds is 6. The van der Waals surface area contributed by atoms with Gasteiger partial charge in [0.15, 0.2) is 0 Å². The van der Waals surface area contributed by atoms with Crippen LogP contribution >= 0.6 is 0 Å². The number of nitro benzene ring substituents is 1. The maximum Gasteiger partial charge on any atom is 0.328 e. The Labute approximate surface area is 102 Å². The quantitative estimate of drug-likeness (QED) is 0.470. The highest BCUT2D eigenvalue weighted by Crippen LogP contribution is 2.30. The number of carbonyl (C=O) groups is 1. The maximum absolute atomic E-state index is 10.7. The Balaban J connectivity index is 2.84. The third-order valence-corrected chi connectivity index (χ3v) is 1.96. The van der Waals surface area contributed by atoms with Gasteiger partial charge in [-0.3, -0.25) is 10.1 Å². The molecule has 0 saturated heterocycles. The molecule has 18 heavy (non-hydrogen) atoms. The molecule has 1 rings (SSSR count). The van der Waals surface area contributed by atoms with E-state index >= 15 is 0 Å². The van der Waals surface area contributed by atoms with Crippen molar-refractivity contribution in [2.75, 3.05) is 13.7 Å². The third kappa shape index (κ3) is 3.78. The molecule has 7 nitrogen and oxygen atoms in total. The molecule has 0 aliphatic heterocycles. The minimum atomic E-state index is -1.11. The van der Waals surface area contributed by atoms with E-state index in [-0.39, 0.29) is 18.0 Å². The summed E-state index contributed by atoms with van der Waals surface area (Å²) >= 11 is 0. The largest absolute Gasteiger partial charge is 0.497 e. The van der Waals surface area contributed by atoms with E-state index in [1.54, 1.807) is 0 Å². The minimum Gasteiger partial charge on any atom is -0.497 e. The first-order valence-corrected chi connectivity index (χ1v) is 4.89. The van der Waals surface area contributed by atoms with Crippen molar-refractivity contribution in [3.8, 4) is 11.5 Å². The zero-order valence-corrected chi connectivity index (χ0v) is 9.53. The summed E-state index contributed by atoms with van der Waals surface area (Å²) in [4.78, 5) is 20.4. The lowest BCUT2D eigenvalue weighted by Gasteiger charge is -2.06. The number of methoxy groups -OCH3 is 1. The van der Waals surface area contributed by atoms with Gasteiger partial charge in [0.2, 0.25) is 5.75 Å². The Kier molecular flexibility index (Phi) is 4.67. The van der Waals surface area contributed by atoms with Crippen molar-refractivity contribution in [1.29, 1.82) is 0 Å². The van der Waals surface area contributed by atoms with Crippen molar-refractivity contribution in [3.05, 3.63) is 40.5 Å². The molecule has 0 spiro atoms. The van der Waals surface area contributed by atoms with Crippen molar-refractivity contribution in [2.24, 2.45) is 0 Å². The maximum atomic E-state index is 10.7. The van der Waals surface area contributed by atoms with Crippen LogP contribution in [0.3, 0.4) is 0 Å². The molecule has 0 heterocycles. The summed E-state index contributed by atoms with van der Waals surface area (Å²) in [6, 6.07) is 4.07. The number of hydrogen-bond donors (Lipinski definition) is 1. The molecule has 96 valence electrons. The first-order chi connectivity index (χ1) is 8.54. The smallest absolute Gasteiger partial charge is 0.328 e. The fraction of sp³-hybridized carbons (Fsp3) is 0.182. The van der Waals surface area contributed by atoms with Crippen LogP contribution in [0, 0.1) is 10.1 Å². The summed E-state index contributed by atoms with van der Waals surface area (Å²) in [5.74, 6) is -0.675. The number of hydrogen-bond acceptors (Lipinski definition) is 5. The Bertz CT molecular complexity index is 482. The second-order valence-electron chi connectivity index (χ2n) is 3.14. The first kappa shape index (κ1) is 13.5. The summed E-state index contributed by atoms with van der Waals surface area (Å²) in [6.07, 6.45) is 2.14. The van der Waals surface area contributed by atoms with Crippen LogP contribution in [0.15, 0.2) is 30.4 Å². The molecule has 0 unspecified atom stereocenters. The average Bonchev–Trinajstić information content (AvgIpc) is 2.33. The summed E-state index contributed by atoms with van der Waals surface area (Å²) in [6.45, 7) is -0.0830. The third-order valence-electron chi connectivity index (χ3n) is 1.96. The fourth-order valence-electron chi connectivity index (χ4n) is 1.17. The Morgan fingerprint density at radius 3 is 2.83 bits per heavy atom. The predicted octanol–water partition coefficient (Wildman–Crippen LogP) is 1.62. The molecular weight excluding hydrogens is 242 g/mol. The van der Waals surface area contributed by atoms with Crippen LogP contribution in [0.4, 0.5) is 5.69 Å². The number of benzene rings is 1. The average molecular weight is 253 g/mol. The van der Waals surface area contributed by atoms with Crippen molar-refractivity contribution >= 4 is 11.7 Å². The van der Waals surface area contributed by atoms with E-state index in [0.717, 1.165) is 6.08 Å². The van der Waals surface area contributed by atoms with E-state index in [1.807, 2.05) is 0 Å². The van der Waals surface area contributed by atoms with E-state index < -0.39 is 10.9 Å². The summed E-state index contributed by atoms with van der Waals surface area (Å²) in [5.41, 5.74) is -0.209. The van der Waals surface area contributed by atoms with Crippen molar-refractivity contribution < 1.29 is 24.3 Å². The topological polar surface area (TPSA) is 98.9 Å². The number of nitro groups is 1. The molecule has 0 fully saturated rings. The molecular formula is C11H11NO6. The van der Waals surface area contributed by atoms with E-state index in [9.17, 15) is 14.9 Å². The molecule has 0 bridgehead atoms. The number of aliphatic carboxylic acids is 1. The predicted molar refractivity (Wildman–Crippen MR) is 61.9 cm³/mol. The van der Waals surface area contributed by atoms with Gasteiger partial charge in [-0.15, -0.1) is 0 Å². The first-order valence-electron chi connectivity index (χ1n) is 4.89. The number of carboxylic acid groups (broad SMARTS) is 1. The number of ether oxygens (including phenoxy) is 2. The highest BCUT2D eigenvalue weighted by Gasteiger charge is 2.15. The van der Waals surface area contributed by atoms with Gasteiger partial charge in [-0.05, 0) is 12.1 Å². The number of nitrogens with zero attached hydrogens (tertiary/aromatic N) is 1. The summed E-state index contributed by atoms with van der Waals surface area (Å²) < 4.78 is 10.0. The van der Waals surface area contributed by atoms with E-state index in [4.69, 9.17) is 14.6 Å². The Morgan fingerprint density at radius 1 is 1.56 bits per heavy atom. The molecule has 0 saturated carbocycles. The van der Waals surface area contributed by atoms with Crippen LogP contribution in [0.1, 0.15) is 0 Å². The SMILES string of the molecule is COc1ccc([N+](=O)[O-])c(OC/C=C/C(=O)O)c1. The van der Waals surface area contributed by atoms with Gasteiger partial charge in [-0.2, -0.15) is 0 Å². The second-order valence-corrected chi connectivity index (χ2v) is 3.14. The molecule has 1 N–H and O–H groups in total. The monoisotopic (exact) mass is 253 g/mol. The molecule has 0 atom stereocenters. The normalized spacial score (nSPS) is 10.3. The van der Waals surface area contributed by atoms with Gasteiger partial charge in [0.1, 0.15) is 12.4 Å². The van der Waals surface area contributed by atoms with Crippen LogP contribution in [-0.2, 0) is 4.79 Å². The summed E-state index contributed by atoms with van der Waals surface area (Å²) in [7, 11) is 1.43. The molecule has 0 radical (unpaired) electrons. The van der Waals surface area contributed by atoms with Crippen LogP contribution in [0.5, 0.6) is 11.5 Å². The highest BCUT2D eigenvalue weighted by molar-refractivity contribution is 5.79. The fourth-order valence-corrected chi connectivity index (χ4v) is 1.17. The van der Waals surface area contributed by atoms with Crippen molar-refractivity contribution in [2.45, 2.75) is 0 Å². The lowest BCUT2D eigenvalue weighted by Crippen LogP contribution is -2.00. The van der Waals surface area contributed by atoms with Gasteiger partial charge >= 0.3 is 11.7 Å². The Hall–Kier alpha value is -2.57. The standard InChI is InChI=1S/C11H11NO6/c1-17-8-4-5-9(12(15)16)10(7-8)18-6-2-3-11(13)14/h2-5,7H,6H2,1H3,(H,13,14)/b3-2+. The molecule has 0 aliphatic carbocycles. The van der Waals surface area contributed by atoms with Crippen LogP contribution in [0.2, 0.25) is 0 Å². The molecule has 0 amide bonds. The molecule has 1 aromatic rings. The number of carboxylic acids is 1. The molecule has 7 heteroatoms. The van der Waals surface area contributed by atoms with Crippen molar-refractivity contribution in [3.63, 3.8) is 0 Å². The van der Waals surface area contributed by atoms with Crippen LogP contribution in [0.25, 0.3) is 0 Å². The van der Waals surface area contributed by atoms with Gasteiger partial charge in [0.05, 0.1) is 12.0 Å². The lowest BCUT2D eigenvalue weighted by molar-refractivity contribution is -0.385. The van der Waals surface area contributed by atoms with Gasteiger partial charge in [-0.1, -0.05) is 0 Å². The second kappa shape index (κ2) is 6.24. The van der Waals surface area contributed by atoms with E-state index in [1.165, 1.54) is 31.4 Å². The zero-order valence-electron chi connectivity index (χ0n) is 9.53. The van der Waals surface area contributed by atoms with Gasteiger partial charge in [0.25, 0.3) is 0 Å². The molecule has 0 aliphatic rings. The van der Waals surface area contributed by atoms with E-state index in [0.29, 0.717) is 5.75 Å². The zero-order chi connectivity index (χ0) is 13.5. The minimum absolute atomic E-state index is 0.0226. The van der Waals surface area contributed by atoms with Gasteiger partial charge < -0.3 is 14.6 Å². The lowest BCUT2D eigenvalue weighted by atomic mass is 10.3. The van der Waals surface area contributed by atoms with Crippen LogP contribution in [-0.4, -0.2) is 29.7 Å². The van der Waals surface area contributed by atoms with Gasteiger partial charge in [-0.25, -0.2) is 4.79 Å². The molecule has 0 aromatic heterocycles.